The Labute approximate surface area is 162 Å². The van der Waals surface area contributed by atoms with Gasteiger partial charge in [-0.1, -0.05) is 13.0 Å². The number of Topliss-reactive ketones (excluding diaryl/α,β-unsaturated/α-hetero) is 1. The Kier molecular flexibility index (Phi) is 5.70. The van der Waals surface area contributed by atoms with E-state index in [0.717, 1.165) is 11.1 Å². The van der Waals surface area contributed by atoms with Crippen LogP contribution in [0.5, 0.6) is 0 Å². The van der Waals surface area contributed by atoms with Crippen molar-refractivity contribution in [2.75, 3.05) is 17.7 Å². The van der Waals surface area contributed by atoms with Crippen molar-refractivity contribution in [3.63, 3.8) is 0 Å². The van der Waals surface area contributed by atoms with E-state index in [0.29, 0.717) is 17.1 Å². The van der Waals surface area contributed by atoms with Crippen molar-refractivity contribution in [1.82, 2.24) is 4.98 Å². The Morgan fingerprint density at radius 2 is 2.04 bits per heavy atom. The van der Waals surface area contributed by atoms with E-state index in [1.165, 1.54) is 7.11 Å². The molecule has 2 bridgehead atoms. The maximum Gasteiger partial charge on any atom is 0.411 e. The first-order chi connectivity index (χ1) is 13.4. The van der Waals surface area contributed by atoms with Crippen molar-refractivity contribution in [2.45, 2.75) is 25.8 Å². The average molecular weight is 382 g/mol. The molecule has 0 aliphatic carbocycles. The number of anilines is 2. The van der Waals surface area contributed by atoms with Gasteiger partial charge in [0.15, 0.2) is 0 Å². The van der Waals surface area contributed by atoms with Gasteiger partial charge in [0.1, 0.15) is 5.78 Å². The third-order valence-corrected chi connectivity index (χ3v) is 4.61. The molecule has 0 saturated heterocycles. The molecule has 2 amide bonds. The summed E-state index contributed by atoms with van der Waals surface area (Å²) in [6, 6.07) is 8.21. The number of ketones is 1. The number of amides is 2. The lowest BCUT2D eigenvalue weighted by Gasteiger charge is -2.19. The van der Waals surface area contributed by atoms with Gasteiger partial charge >= 0.3 is 6.09 Å². The minimum Gasteiger partial charge on any atom is -0.453 e. The fourth-order valence-electron chi connectivity index (χ4n) is 3.09. The van der Waals surface area contributed by atoms with E-state index in [9.17, 15) is 14.4 Å². The predicted molar refractivity (Wildman–Crippen MR) is 105 cm³/mol. The van der Waals surface area contributed by atoms with Gasteiger partial charge in [0.25, 0.3) is 0 Å². The molecule has 4 N–H and O–H groups in total. The van der Waals surface area contributed by atoms with Crippen molar-refractivity contribution in [2.24, 2.45) is 11.7 Å². The first-order valence-electron chi connectivity index (χ1n) is 8.91. The van der Waals surface area contributed by atoms with E-state index in [-0.39, 0.29) is 24.5 Å². The molecular formula is C20H22N4O4. The first-order valence-corrected chi connectivity index (χ1v) is 8.91. The molecule has 2 aromatic rings. The number of carbonyl (C=O) groups excluding carboxylic acids is 3. The molecule has 2 heterocycles. The van der Waals surface area contributed by atoms with Gasteiger partial charge in [-0.15, -0.1) is 0 Å². The molecule has 1 aliphatic heterocycles. The lowest BCUT2D eigenvalue weighted by Crippen LogP contribution is -2.25. The third kappa shape index (κ3) is 4.34. The molecule has 2 unspecified atom stereocenters. The standard InChI is InChI=1S/C20H22N4O4/c1-11-7-14(25)10-16(21)18-8-12(5-6-22-18)15-4-3-13(23-20(27)28-2)9-17(15)24-19(11)26/h3-6,8-9,11,16H,7,10,21H2,1-2H3,(H,23,27)(H,24,26). The van der Waals surface area contributed by atoms with Crippen molar-refractivity contribution in [3.8, 4) is 11.1 Å². The summed E-state index contributed by atoms with van der Waals surface area (Å²) in [5, 5.41) is 5.44. The third-order valence-electron chi connectivity index (χ3n) is 4.61. The molecule has 0 fully saturated rings. The Morgan fingerprint density at radius 3 is 2.79 bits per heavy atom. The van der Waals surface area contributed by atoms with Crippen molar-refractivity contribution in [3.05, 3.63) is 42.2 Å². The summed E-state index contributed by atoms with van der Waals surface area (Å²) < 4.78 is 4.61. The number of hydrogen-bond acceptors (Lipinski definition) is 6. The van der Waals surface area contributed by atoms with Crippen molar-refractivity contribution < 1.29 is 19.1 Å². The molecule has 0 saturated carbocycles. The van der Waals surface area contributed by atoms with Crippen LogP contribution in [0.1, 0.15) is 31.5 Å². The van der Waals surface area contributed by atoms with Gasteiger partial charge in [-0.25, -0.2) is 4.79 Å². The quantitative estimate of drug-likeness (QED) is 0.697. The molecule has 2 atom stereocenters. The van der Waals surface area contributed by atoms with Crippen LogP contribution in [0.25, 0.3) is 11.1 Å². The van der Waals surface area contributed by atoms with E-state index in [1.807, 2.05) is 0 Å². The van der Waals surface area contributed by atoms with E-state index < -0.39 is 18.1 Å². The summed E-state index contributed by atoms with van der Waals surface area (Å²) in [6.45, 7) is 1.69. The van der Waals surface area contributed by atoms with Crippen LogP contribution < -0.4 is 16.4 Å². The lowest BCUT2D eigenvalue weighted by molar-refractivity contribution is -0.126. The monoisotopic (exact) mass is 382 g/mol. The van der Waals surface area contributed by atoms with Gasteiger partial charge in [-0.3, -0.25) is 19.9 Å². The van der Waals surface area contributed by atoms with Crippen LogP contribution >= 0.6 is 0 Å². The predicted octanol–water partition coefficient (Wildman–Crippen LogP) is 2.86. The number of nitrogens with one attached hydrogen (secondary N) is 2. The SMILES string of the molecule is COC(=O)Nc1ccc2c(c1)NC(=O)C(C)CC(=O)CC(N)c1cc-2ccn1. The number of aromatic nitrogens is 1. The van der Waals surface area contributed by atoms with Crippen LogP contribution in [0.4, 0.5) is 16.2 Å². The van der Waals surface area contributed by atoms with Gasteiger partial charge in [0.05, 0.1) is 24.5 Å². The Morgan fingerprint density at radius 1 is 1.25 bits per heavy atom. The number of ether oxygens (including phenoxy) is 1. The molecule has 0 spiro atoms. The number of carbonyl (C=O) groups is 3. The molecule has 0 radical (unpaired) electrons. The van der Waals surface area contributed by atoms with Crippen molar-refractivity contribution in [1.29, 1.82) is 0 Å². The summed E-state index contributed by atoms with van der Waals surface area (Å²) in [6.07, 6.45) is 1.23. The van der Waals surface area contributed by atoms with Crippen LogP contribution in [0.2, 0.25) is 0 Å². The highest BCUT2D eigenvalue weighted by Crippen LogP contribution is 2.33. The van der Waals surface area contributed by atoms with Crippen LogP contribution in [-0.4, -0.2) is 29.9 Å². The molecule has 8 heteroatoms. The van der Waals surface area contributed by atoms with Gasteiger partial charge in [0, 0.05) is 36.2 Å². The number of pyridine rings is 1. The van der Waals surface area contributed by atoms with E-state index >= 15 is 0 Å². The maximum atomic E-state index is 12.6. The van der Waals surface area contributed by atoms with Gasteiger partial charge in [-0.2, -0.15) is 0 Å². The normalized spacial score (nSPS) is 19.5. The number of hydrogen-bond donors (Lipinski definition) is 3. The molecule has 1 aromatic heterocycles. The highest BCUT2D eigenvalue weighted by atomic mass is 16.5. The summed E-state index contributed by atoms with van der Waals surface area (Å²) in [7, 11) is 1.27. The fraction of sp³-hybridized carbons (Fsp3) is 0.300. The minimum absolute atomic E-state index is 0.0919. The number of methoxy groups -OCH3 is 1. The number of nitrogens with zero attached hydrogens (tertiary/aromatic N) is 1. The Balaban J connectivity index is 2.10. The highest BCUT2D eigenvalue weighted by molar-refractivity contribution is 6.00. The molecular weight excluding hydrogens is 360 g/mol. The van der Waals surface area contributed by atoms with Crippen LogP contribution in [0.15, 0.2) is 36.5 Å². The molecule has 1 aromatic carbocycles. The fourth-order valence-corrected chi connectivity index (χ4v) is 3.09. The maximum absolute atomic E-state index is 12.6. The van der Waals surface area contributed by atoms with Gasteiger partial charge < -0.3 is 15.8 Å². The van der Waals surface area contributed by atoms with E-state index in [4.69, 9.17) is 5.73 Å². The summed E-state index contributed by atoms with van der Waals surface area (Å²) in [5.74, 6) is -0.895. The second-order valence-corrected chi connectivity index (χ2v) is 6.79. The lowest BCUT2D eigenvalue weighted by atomic mass is 9.95. The molecule has 28 heavy (non-hydrogen) atoms. The van der Waals surface area contributed by atoms with Gasteiger partial charge in [-0.05, 0) is 29.8 Å². The molecule has 3 rings (SSSR count). The molecule has 8 nitrogen and oxygen atoms in total. The minimum atomic E-state index is -0.615. The van der Waals surface area contributed by atoms with Gasteiger partial charge in [0.2, 0.25) is 5.91 Å². The topological polar surface area (TPSA) is 123 Å². The Hall–Kier alpha value is -3.26. The zero-order valence-corrected chi connectivity index (χ0v) is 15.7. The smallest absolute Gasteiger partial charge is 0.411 e. The van der Waals surface area contributed by atoms with Crippen molar-refractivity contribution >= 4 is 29.2 Å². The van der Waals surface area contributed by atoms with Crippen LogP contribution in [0, 0.1) is 5.92 Å². The second kappa shape index (κ2) is 8.18. The molecule has 1 aliphatic rings. The summed E-state index contributed by atoms with van der Waals surface area (Å²) in [5.41, 5.74) is 9.27. The summed E-state index contributed by atoms with van der Waals surface area (Å²) in [4.78, 5) is 40.7. The zero-order chi connectivity index (χ0) is 20.3. The van der Waals surface area contributed by atoms with Crippen LogP contribution in [0.3, 0.4) is 0 Å². The first kappa shape index (κ1) is 19.5. The largest absolute Gasteiger partial charge is 0.453 e. The number of benzene rings is 1. The van der Waals surface area contributed by atoms with E-state index in [2.05, 4.69) is 20.4 Å². The Bertz CT molecular complexity index is 928. The second-order valence-electron chi connectivity index (χ2n) is 6.79. The summed E-state index contributed by atoms with van der Waals surface area (Å²) >= 11 is 0. The number of rotatable bonds is 1. The number of nitrogens with two attached hydrogens (primary N) is 1. The van der Waals surface area contributed by atoms with E-state index in [1.54, 1.807) is 43.5 Å². The highest BCUT2D eigenvalue weighted by Gasteiger charge is 2.23. The van der Waals surface area contributed by atoms with Crippen LogP contribution in [-0.2, 0) is 14.3 Å². The average Bonchev–Trinajstić information content (AvgIpc) is 2.67. The molecule has 146 valence electrons. The number of fused-ring (bicyclic) bond motifs is 4. The zero-order valence-electron chi connectivity index (χ0n) is 15.7.